The lowest BCUT2D eigenvalue weighted by Gasteiger charge is -2.09. The maximum atomic E-state index is 4.18. The minimum Gasteiger partial charge on any atom is -0.314 e. The van der Waals surface area contributed by atoms with Crippen LogP contribution in [0.2, 0.25) is 0 Å². The standard InChI is InChI=1S/C10H17N3/c1-4-10(11-6-1)5-2-8-13-9-3-7-12-13/h3,7,9-11H,1-2,4-6,8H2/t10-/m0/s1. The van der Waals surface area contributed by atoms with Gasteiger partial charge in [0.25, 0.3) is 0 Å². The van der Waals surface area contributed by atoms with Gasteiger partial charge in [-0.3, -0.25) is 4.68 Å². The Bertz CT molecular complexity index is 224. The zero-order valence-corrected chi connectivity index (χ0v) is 7.95. The van der Waals surface area contributed by atoms with Crippen LogP contribution in [0.15, 0.2) is 18.5 Å². The quantitative estimate of drug-likeness (QED) is 0.757. The van der Waals surface area contributed by atoms with E-state index >= 15 is 0 Å². The molecule has 0 amide bonds. The Morgan fingerprint density at radius 1 is 1.54 bits per heavy atom. The summed E-state index contributed by atoms with van der Waals surface area (Å²) in [6.45, 7) is 2.28. The third-order valence-electron chi connectivity index (χ3n) is 2.66. The van der Waals surface area contributed by atoms with E-state index in [4.69, 9.17) is 0 Å². The molecule has 0 radical (unpaired) electrons. The molecule has 1 aliphatic rings. The molecule has 2 heterocycles. The molecule has 1 aromatic heterocycles. The van der Waals surface area contributed by atoms with Crippen molar-refractivity contribution in [3.05, 3.63) is 18.5 Å². The summed E-state index contributed by atoms with van der Waals surface area (Å²) in [7, 11) is 0. The number of hydrogen-bond acceptors (Lipinski definition) is 2. The summed E-state index contributed by atoms with van der Waals surface area (Å²) < 4.78 is 2.01. The van der Waals surface area contributed by atoms with Crippen molar-refractivity contribution in [2.75, 3.05) is 6.54 Å². The summed E-state index contributed by atoms with van der Waals surface area (Å²) >= 11 is 0. The molecule has 1 N–H and O–H groups in total. The fourth-order valence-corrected chi connectivity index (χ4v) is 1.94. The van der Waals surface area contributed by atoms with Crippen LogP contribution in [-0.4, -0.2) is 22.4 Å². The normalized spacial score (nSPS) is 22.3. The van der Waals surface area contributed by atoms with E-state index in [9.17, 15) is 0 Å². The van der Waals surface area contributed by atoms with Crippen LogP contribution in [0, 0.1) is 0 Å². The SMILES string of the molecule is c1cnn(CCC[C@@H]2CCCN2)c1. The van der Waals surface area contributed by atoms with Crippen molar-refractivity contribution in [2.45, 2.75) is 38.3 Å². The van der Waals surface area contributed by atoms with Crippen molar-refractivity contribution in [1.29, 1.82) is 0 Å². The molecule has 1 saturated heterocycles. The van der Waals surface area contributed by atoms with Crippen molar-refractivity contribution in [3.8, 4) is 0 Å². The summed E-state index contributed by atoms with van der Waals surface area (Å²) in [5.74, 6) is 0. The first-order valence-electron chi connectivity index (χ1n) is 5.16. The van der Waals surface area contributed by atoms with E-state index in [0.29, 0.717) is 0 Å². The first-order chi connectivity index (χ1) is 6.45. The highest BCUT2D eigenvalue weighted by atomic mass is 15.3. The van der Waals surface area contributed by atoms with E-state index in [1.807, 2.05) is 23.1 Å². The average molecular weight is 179 g/mol. The molecule has 13 heavy (non-hydrogen) atoms. The molecule has 72 valence electrons. The monoisotopic (exact) mass is 179 g/mol. The fraction of sp³-hybridized carbons (Fsp3) is 0.700. The summed E-state index contributed by atoms with van der Waals surface area (Å²) in [4.78, 5) is 0. The van der Waals surface area contributed by atoms with Crippen LogP contribution in [0.3, 0.4) is 0 Å². The number of nitrogens with one attached hydrogen (secondary N) is 1. The zero-order chi connectivity index (χ0) is 8.93. The Hall–Kier alpha value is -0.830. The van der Waals surface area contributed by atoms with Crippen molar-refractivity contribution in [3.63, 3.8) is 0 Å². The summed E-state index contributed by atoms with van der Waals surface area (Å²) in [6.07, 6.45) is 9.11. The van der Waals surface area contributed by atoms with E-state index in [2.05, 4.69) is 10.4 Å². The smallest absolute Gasteiger partial charge is 0.0489 e. The molecule has 3 nitrogen and oxygen atoms in total. The van der Waals surface area contributed by atoms with Crippen LogP contribution >= 0.6 is 0 Å². The summed E-state index contributed by atoms with van der Waals surface area (Å²) in [5.41, 5.74) is 0. The molecule has 0 saturated carbocycles. The number of hydrogen-bond donors (Lipinski definition) is 1. The number of aryl methyl sites for hydroxylation is 1. The van der Waals surface area contributed by atoms with Gasteiger partial charge in [0.05, 0.1) is 0 Å². The minimum atomic E-state index is 0.774. The van der Waals surface area contributed by atoms with Gasteiger partial charge in [0.2, 0.25) is 0 Å². The lowest BCUT2D eigenvalue weighted by Crippen LogP contribution is -2.21. The molecule has 0 spiro atoms. The third-order valence-corrected chi connectivity index (χ3v) is 2.66. The molecule has 1 aromatic rings. The highest BCUT2D eigenvalue weighted by molar-refractivity contribution is 4.78. The van der Waals surface area contributed by atoms with E-state index in [1.165, 1.54) is 32.2 Å². The van der Waals surface area contributed by atoms with Crippen LogP contribution in [0.5, 0.6) is 0 Å². The van der Waals surface area contributed by atoms with Crippen LogP contribution in [0.25, 0.3) is 0 Å². The van der Waals surface area contributed by atoms with Gasteiger partial charge in [-0.1, -0.05) is 0 Å². The number of aromatic nitrogens is 2. The van der Waals surface area contributed by atoms with Gasteiger partial charge in [0, 0.05) is 25.0 Å². The van der Waals surface area contributed by atoms with E-state index in [1.54, 1.807) is 0 Å². The van der Waals surface area contributed by atoms with Crippen molar-refractivity contribution in [1.82, 2.24) is 15.1 Å². The van der Waals surface area contributed by atoms with Gasteiger partial charge in [-0.25, -0.2) is 0 Å². The average Bonchev–Trinajstić information content (AvgIpc) is 2.75. The maximum absolute atomic E-state index is 4.18. The Labute approximate surface area is 79.1 Å². The highest BCUT2D eigenvalue weighted by Gasteiger charge is 2.12. The van der Waals surface area contributed by atoms with Crippen molar-refractivity contribution < 1.29 is 0 Å². The molecule has 1 aliphatic heterocycles. The van der Waals surface area contributed by atoms with E-state index in [0.717, 1.165) is 12.6 Å². The number of rotatable bonds is 4. The minimum absolute atomic E-state index is 0.774. The molecule has 0 bridgehead atoms. The second kappa shape index (κ2) is 4.42. The van der Waals surface area contributed by atoms with Gasteiger partial charge in [-0.15, -0.1) is 0 Å². The van der Waals surface area contributed by atoms with Crippen LogP contribution in [0.1, 0.15) is 25.7 Å². The Kier molecular flexibility index (Phi) is 2.98. The van der Waals surface area contributed by atoms with Gasteiger partial charge in [-0.05, 0) is 38.3 Å². The number of nitrogens with zero attached hydrogens (tertiary/aromatic N) is 2. The first kappa shape index (κ1) is 8.75. The predicted octanol–water partition coefficient (Wildman–Crippen LogP) is 1.42. The summed E-state index contributed by atoms with van der Waals surface area (Å²) in [5, 5.41) is 7.68. The van der Waals surface area contributed by atoms with Gasteiger partial charge in [0.15, 0.2) is 0 Å². The van der Waals surface area contributed by atoms with Gasteiger partial charge in [-0.2, -0.15) is 5.10 Å². The molecule has 0 unspecified atom stereocenters. The molecular weight excluding hydrogens is 162 g/mol. The maximum Gasteiger partial charge on any atom is 0.0489 e. The van der Waals surface area contributed by atoms with Crippen LogP contribution < -0.4 is 5.32 Å². The topological polar surface area (TPSA) is 29.9 Å². The van der Waals surface area contributed by atoms with Crippen molar-refractivity contribution in [2.24, 2.45) is 0 Å². The highest BCUT2D eigenvalue weighted by Crippen LogP contribution is 2.10. The van der Waals surface area contributed by atoms with E-state index < -0.39 is 0 Å². The van der Waals surface area contributed by atoms with E-state index in [-0.39, 0.29) is 0 Å². The Morgan fingerprint density at radius 3 is 3.23 bits per heavy atom. The zero-order valence-electron chi connectivity index (χ0n) is 7.95. The molecular formula is C10H17N3. The summed E-state index contributed by atoms with van der Waals surface area (Å²) in [6, 6.07) is 2.75. The van der Waals surface area contributed by atoms with Gasteiger partial charge in [0.1, 0.15) is 0 Å². The predicted molar refractivity (Wildman–Crippen MR) is 52.5 cm³/mol. The lowest BCUT2D eigenvalue weighted by molar-refractivity contribution is 0.484. The second-order valence-corrected chi connectivity index (χ2v) is 3.70. The Balaban J connectivity index is 1.63. The molecule has 0 aromatic carbocycles. The molecule has 1 atom stereocenters. The second-order valence-electron chi connectivity index (χ2n) is 3.70. The van der Waals surface area contributed by atoms with Gasteiger partial charge < -0.3 is 5.32 Å². The van der Waals surface area contributed by atoms with Crippen LogP contribution in [-0.2, 0) is 6.54 Å². The Morgan fingerprint density at radius 2 is 2.54 bits per heavy atom. The lowest BCUT2D eigenvalue weighted by atomic mass is 10.1. The largest absolute Gasteiger partial charge is 0.314 e. The molecule has 0 aliphatic carbocycles. The first-order valence-corrected chi connectivity index (χ1v) is 5.16. The fourth-order valence-electron chi connectivity index (χ4n) is 1.94. The third kappa shape index (κ3) is 2.56. The van der Waals surface area contributed by atoms with Gasteiger partial charge >= 0.3 is 0 Å². The molecule has 1 fully saturated rings. The van der Waals surface area contributed by atoms with Crippen LogP contribution in [0.4, 0.5) is 0 Å². The van der Waals surface area contributed by atoms with Crippen molar-refractivity contribution >= 4 is 0 Å². The molecule has 2 rings (SSSR count). The molecule has 3 heteroatoms.